The standard InChI is InChI=1S/C15H25N3O2S/c1-4-8-18-15(2,14(19)20-3)7-5-6-11-21-13-12-16-9-10-17-13/h9-10,12,18H,4-8,11H2,1-3H3. The van der Waals surface area contributed by atoms with Crippen LogP contribution in [0.1, 0.15) is 39.5 Å². The van der Waals surface area contributed by atoms with Crippen molar-refractivity contribution in [1.82, 2.24) is 15.3 Å². The maximum absolute atomic E-state index is 11.9. The molecule has 0 aliphatic carbocycles. The predicted octanol–water partition coefficient (Wildman–Crippen LogP) is 2.67. The van der Waals surface area contributed by atoms with E-state index in [-0.39, 0.29) is 5.97 Å². The second-order valence-electron chi connectivity index (χ2n) is 5.10. The summed E-state index contributed by atoms with van der Waals surface area (Å²) in [6, 6.07) is 0. The Kier molecular flexibility index (Phi) is 8.30. The molecule has 1 unspecified atom stereocenters. The lowest BCUT2D eigenvalue weighted by Gasteiger charge is -2.28. The van der Waals surface area contributed by atoms with Gasteiger partial charge in [0.05, 0.1) is 13.3 Å². The van der Waals surface area contributed by atoms with Crippen molar-refractivity contribution in [3.63, 3.8) is 0 Å². The molecule has 0 saturated carbocycles. The summed E-state index contributed by atoms with van der Waals surface area (Å²) in [5.41, 5.74) is -0.581. The number of aromatic nitrogens is 2. The number of unbranched alkanes of at least 4 members (excludes halogenated alkanes) is 1. The van der Waals surface area contributed by atoms with E-state index >= 15 is 0 Å². The summed E-state index contributed by atoms with van der Waals surface area (Å²) in [6.07, 6.45) is 8.91. The number of ether oxygens (including phenoxy) is 1. The molecular formula is C15H25N3O2S. The number of carbonyl (C=O) groups excluding carboxylic acids is 1. The molecule has 0 amide bonds. The molecule has 0 aliphatic rings. The lowest BCUT2D eigenvalue weighted by Crippen LogP contribution is -2.50. The van der Waals surface area contributed by atoms with Crippen molar-refractivity contribution in [3.8, 4) is 0 Å². The third-order valence-corrected chi connectivity index (χ3v) is 4.26. The van der Waals surface area contributed by atoms with Crippen molar-refractivity contribution in [3.05, 3.63) is 18.6 Å². The molecule has 1 atom stereocenters. The summed E-state index contributed by atoms with van der Waals surface area (Å²) in [6.45, 7) is 4.83. The fourth-order valence-corrected chi connectivity index (χ4v) is 2.83. The average Bonchev–Trinajstić information content (AvgIpc) is 2.52. The first-order valence-corrected chi connectivity index (χ1v) is 8.33. The number of thioether (sulfide) groups is 1. The zero-order valence-corrected chi connectivity index (χ0v) is 13.9. The molecule has 1 rings (SSSR count). The minimum absolute atomic E-state index is 0.183. The van der Waals surface area contributed by atoms with E-state index in [1.165, 1.54) is 7.11 Å². The molecule has 0 spiro atoms. The van der Waals surface area contributed by atoms with Gasteiger partial charge in [-0.05, 0) is 38.5 Å². The Balaban J connectivity index is 2.31. The van der Waals surface area contributed by atoms with Crippen LogP contribution >= 0.6 is 11.8 Å². The largest absolute Gasteiger partial charge is 0.468 e. The first kappa shape index (κ1) is 17.9. The van der Waals surface area contributed by atoms with Crippen LogP contribution in [0, 0.1) is 0 Å². The number of hydrogen-bond donors (Lipinski definition) is 1. The summed E-state index contributed by atoms with van der Waals surface area (Å²) in [5.74, 6) is 0.793. The van der Waals surface area contributed by atoms with Gasteiger partial charge in [-0.15, -0.1) is 11.8 Å². The van der Waals surface area contributed by atoms with Gasteiger partial charge in [0.25, 0.3) is 0 Å². The van der Waals surface area contributed by atoms with Gasteiger partial charge in [-0.1, -0.05) is 13.3 Å². The van der Waals surface area contributed by atoms with Crippen LogP contribution in [0.25, 0.3) is 0 Å². The van der Waals surface area contributed by atoms with Crippen LogP contribution in [-0.2, 0) is 9.53 Å². The highest BCUT2D eigenvalue weighted by atomic mass is 32.2. The summed E-state index contributed by atoms with van der Waals surface area (Å²) in [5, 5.41) is 4.24. The minimum atomic E-state index is -0.581. The summed E-state index contributed by atoms with van der Waals surface area (Å²) >= 11 is 1.69. The third kappa shape index (κ3) is 6.44. The van der Waals surface area contributed by atoms with Crippen LogP contribution in [-0.4, -0.2) is 40.9 Å². The molecule has 1 aromatic rings. The maximum Gasteiger partial charge on any atom is 0.325 e. The third-order valence-electron chi connectivity index (χ3n) is 3.26. The lowest BCUT2D eigenvalue weighted by atomic mass is 9.95. The summed E-state index contributed by atoms with van der Waals surface area (Å²) < 4.78 is 4.91. The highest BCUT2D eigenvalue weighted by Gasteiger charge is 2.32. The Labute approximate surface area is 131 Å². The van der Waals surface area contributed by atoms with Gasteiger partial charge in [0, 0.05) is 12.4 Å². The van der Waals surface area contributed by atoms with E-state index in [4.69, 9.17) is 4.74 Å². The molecule has 0 fully saturated rings. The van der Waals surface area contributed by atoms with E-state index in [0.717, 1.165) is 43.0 Å². The first-order chi connectivity index (χ1) is 10.1. The van der Waals surface area contributed by atoms with Gasteiger partial charge in [-0.2, -0.15) is 0 Å². The van der Waals surface area contributed by atoms with Crippen molar-refractivity contribution in [1.29, 1.82) is 0 Å². The van der Waals surface area contributed by atoms with Crippen molar-refractivity contribution >= 4 is 17.7 Å². The Morgan fingerprint density at radius 2 is 2.24 bits per heavy atom. The van der Waals surface area contributed by atoms with Gasteiger partial charge in [-0.25, -0.2) is 4.98 Å². The molecule has 0 aromatic carbocycles. The molecule has 0 aliphatic heterocycles. The number of carbonyl (C=O) groups is 1. The van der Waals surface area contributed by atoms with Crippen molar-refractivity contribution in [2.75, 3.05) is 19.4 Å². The highest BCUT2D eigenvalue weighted by Crippen LogP contribution is 2.19. The molecule has 0 saturated heterocycles. The van der Waals surface area contributed by atoms with E-state index in [1.807, 2.05) is 6.92 Å². The molecule has 0 radical (unpaired) electrons. The van der Waals surface area contributed by atoms with Gasteiger partial charge in [0.1, 0.15) is 10.6 Å². The summed E-state index contributed by atoms with van der Waals surface area (Å²) in [4.78, 5) is 20.2. The van der Waals surface area contributed by atoms with Crippen LogP contribution in [0.3, 0.4) is 0 Å². The number of esters is 1. The van der Waals surface area contributed by atoms with E-state index in [1.54, 1.807) is 30.4 Å². The molecule has 21 heavy (non-hydrogen) atoms. The lowest BCUT2D eigenvalue weighted by molar-refractivity contribution is -0.148. The predicted molar refractivity (Wildman–Crippen MR) is 85.3 cm³/mol. The maximum atomic E-state index is 11.9. The Hall–Kier alpha value is -1.14. The van der Waals surface area contributed by atoms with E-state index in [0.29, 0.717) is 0 Å². The Morgan fingerprint density at radius 3 is 2.86 bits per heavy atom. The second kappa shape index (κ2) is 9.73. The fourth-order valence-electron chi connectivity index (χ4n) is 2.01. The summed E-state index contributed by atoms with van der Waals surface area (Å²) in [7, 11) is 1.44. The van der Waals surface area contributed by atoms with E-state index < -0.39 is 5.54 Å². The highest BCUT2D eigenvalue weighted by molar-refractivity contribution is 7.99. The zero-order valence-electron chi connectivity index (χ0n) is 13.1. The Bertz CT molecular complexity index is 417. The average molecular weight is 311 g/mol. The fraction of sp³-hybridized carbons (Fsp3) is 0.667. The van der Waals surface area contributed by atoms with Crippen molar-refractivity contribution < 1.29 is 9.53 Å². The number of rotatable bonds is 10. The van der Waals surface area contributed by atoms with Crippen LogP contribution in [0.4, 0.5) is 0 Å². The molecule has 1 heterocycles. The van der Waals surface area contributed by atoms with Crippen LogP contribution in [0.2, 0.25) is 0 Å². The molecular weight excluding hydrogens is 286 g/mol. The van der Waals surface area contributed by atoms with Crippen LogP contribution < -0.4 is 5.32 Å². The topological polar surface area (TPSA) is 64.1 Å². The van der Waals surface area contributed by atoms with Crippen molar-refractivity contribution in [2.24, 2.45) is 0 Å². The molecule has 1 N–H and O–H groups in total. The van der Waals surface area contributed by atoms with Crippen LogP contribution in [0.15, 0.2) is 23.6 Å². The van der Waals surface area contributed by atoms with Gasteiger partial charge >= 0.3 is 5.97 Å². The van der Waals surface area contributed by atoms with Gasteiger partial charge < -0.3 is 10.1 Å². The monoisotopic (exact) mass is 311 g/mol. The second-order valence-corrected chi connectivity index (χ2v) is 6.21. The van der Waals surface area contributed by atoms with Gasteiger partial charge in [-0.3, -0.25) is 9.78 Å². The van der Waals surface area contributed by atoms with Gasteiger partial charge in [0.2, 0.25) is 0 Å². The molecule has 6 heteroatoms. The number of hydrogen-bond acceptors (Lipinski definition) is 6. The Morgan fingerprint density at radius 1 is 1.43 bits per heavy atom. The normalized spacial score (nSPS) is 13.7. The van der Waals surface area contributed by atoms with E-state index in [9.17, 15) is 4.79 Å². The minimum Gasteiger partial charge on any atom is -0.468 e. The SMILES string of the molecule is CCCNC(C)(CCCCSc1cnccn1)C(=O)OC. The quantitative estimate of drug-likeness (QED) is 0.407. The first-order valence-electron chi connectivity index (χ1n) is 7.34. The number of nitrogens with zero attached hydrogens (tertiary/aromatic N) is 2. The molecule has 118 valence electrons. The van der Waals surface area contributed by atoms with E-state index in [2.05, 4.69) is 22.2 Å². The molecule has 0 bridgehead atoms. The van der Waals surface area contributed by atoms with Crippen molar-refractivity contribution in [2.45, 2.75) is 50.1 Å². The van der Waals surface area contributed by atoms with Crippen LogP contribution in [0.5, 0.6) is 0 Å². The number of nitrogens with one attached hydrogen (secondary N) is 1. The number of methoxy groups -OCH3 is 1. The van der Waals surface area contributed by atoms with Gasteiger partial charge in [0.15, 0.2) is 0 Å². The molecule has 1 aromatic heterocycles. The molecule has 5 nitrogen and oxygen atoms in total. The zero-order chi connectivity index (χ0) is 15.6. The smallest absolute Gasteiger partial charge is 0.325 e.